The lowest BCUT2D eigenvalue weighted by Crippen LogP contribution is -2.17. The van der Waals surface area contributed by atoms with Crippen molar-refractivity contribution in [2.75, 3.05) is 18.1 Å². The largest absolute Gasteiger partial charge is 0.397 e. The van der Waals surface area contributed by atoms with Gasteiger partial charge in [0.05, 0.1) is 11.4 Å². The number of aryl methyl sites for hydroxylation is 1. The van der Waals surface area contributed by atoms with Gasteiger partial charge in [-0.2, -0.15) is 0 Å². The maximum Gasteiger partial charge on any atom is 0.251 e. The molecule has 4 nitrogen and oxygen atoms in total. The second-order valence-corrected chi connectivity index (χ2v) is 5.44. The number of nitrogens with two attached hydrogens (primary N) is 1. The van der Waals surface area contributed by atoms with Crippen LogP contribution in [0.5, 0.6) is 0 Å². The lowest BCUT2D eigenvalue weighted by Gasteiger charge is -2.12. The Morgan fingerprint density at radius 2 is 1.95 bits per heavy atom. The molecule has 0 unspecified atom stereocenters. The van der Waals surface area contributed by atoms with Gasteiger partial charge >= 0.3 is 0 Å². The Morgan fingerprint density at radius 1 is 1.20 bits per heavy atom. The van der Waals surface area contributed by atoms with Crippen molar-refractivity contribution in [3.05, 3.63) is 52.0 Å². The molecule has 1 amide bonds. The van der Waals surface area contributed by atoms with Crippen molar-refractivity contribution in [2.45, 2.75) is 6.92 Å². The number of rotatable bonds is 3. The molecule has 0 bridgehead atoms. The van der Waals surface area contributed by atoms with Gasteiger partial charge in [0.1, 0.15) is 0 Å². The summed E-state index contributed by atoms with van der Waals surface area (Å²) in [6.45, 7) is 2.01. The number of nitrogen functional groups attached to an aromatic ring is 1. The number of carbonyl (C=O) groups is 1. The summed E-state index contributed by atoms with van der Waals surface area (Å²) >= 11 is 3.46. The number of hydrogen-bond donors (Lipinski definition) is 3. The normalized spacial score (nSPS) is 10.2. The first-order chi connectivity index (χ1) is 9.49. The Bertz CT molecular complexity index is 635. The number of hydrogen-bond acceptors (Lipinski definition) is 3. The number of benzene rings is 2. The van der Waals surface area contributed by atoms with E-state index in [2.05, 4.69) is 26.6 Å². The van der Waals surface area contributed by atoms with E-state index in [0.717, 1.165) is 15.7 Å². The molecular weight excluding hydrogens is 318 g/mol. The first-order valence-corrected chi connectivity index (χ1v) is 6.94. The Kier molecular flexibility index (Phi) is 4.29. The van der Waals surface area contributed by atoms with Crippen LogP contribution in [0.3, 0.4) is 0 Å². The zero-order chi connectivity index (χ0) is 14.7. The van der Waals surface area contributed by atoms with Gasteiger partial charge in [-0.15, -0.1) is 0 Å². The second kappa shape index (κ2) is 5.96. The van der Waals surface area contributed by atoms with Gasteiger partial charge in [0.15, 0.2) is 0 Å². The van der Waals surface area contributed by atoms with Crippen LogP contribution in [0.25, 0.3) is 0 Å². The van der Waals surface area contributed by atoms with Crippen LogP contribution < -0.4 is 16.4 Å². The van der Waals surface area contributed by atoms with Crippen LogP contribution in [0.15, 0.2) is 40.9 Å². The van der Waals surface area contributed by atoms with E-state index in [1.54, 1.807) is 25.2 Å². The Labute approximate surface area is 126 Å². The number of carbonyl (C=O) groups excluding carboxylic acids is 1. The number of nitrogens with one attached hydrogen (secondary N) is 2. The van der Waals surface area contributed by atoms with E-state index in [1.807, 2.05) is 25.1 Å². The summed E-state index contributed by atoms with van der Waals surface area (Å²) < 4.78 is 0.987. The van der Waals surface area contributed by atoms with E-state index >= 15 is 0 Å². The molecule has 20 heavy (non-hydrogen) atoms. The summed E-state index contributed by atoms with van der Waals surface area (Å²) in [6.07, 6.45) is 0. The van der Waals surface area contributed by atoms with Crippen LogP contribution >= 0.6 is 15.9 Å². The quantitative estimate of drug-likeness (QED) is 0.753. The second-order valence-electron chi connectivity index (χ2n) is 4.52. The standard InChI is InChI=1S/C15H16BrN3O/c1-9-5-11(16)8-12(6-9)19-14-7-10(15(20)18-2)3-4-13(14)17/h3-8,19H,17H2,1-2H3,(H,18,20). The molecule has 0 saturated carbocycles. The SMILES string of the molecule is CNC(=O)c1ccc(N)c(Nc2cc(C)cc(Br)c2)c1. The van der Waals surface area contributed by atoms with Gasteiger partial charge in [-0.3, -0.25) is 4.79 Å². The Balaban J connectivity index is 2.34. The number of amides is 1. The summed E-state index contributed by atoms with van der Waals surface area (Å²) in [7, 11) is 1.60. The molecule has 0 atom stereocenters. The van der Waals surface area contributed by atoms with E-state index in [1.165, 1.54) is 0 Å². The highest BCUT2D eigenvalue weighted by molar-refractivity contribution is 9.10. The smallest absolute Gasteiger partial charge is 0.251 e. The zero-order valence-corrected chi connectivity index (χ0v) is 12.9. The van der Waals surface area contributed by atoms with Crippen molar-refractivity contribution in [3.8, 4) is 0 Å². The van der Waals surface area contributed by atoms with E-state index in [-0.39, 0.29) is 5.91 Å². The molecule has 0 aliphatic carbocycles. The molecule has 2 aromatic rings. The van der Waals surface area contributed by atoms with E-state index in [0.29, 0.717) is 16.9 Å². The minimum atomic E-state index is -0.140. The highest BCUT2D eigenvalue weighted by Gasteiger charge is 2.07. The van der Waals surface area contributed by atoms with Crippen LogP contribution in [0, 0.1) is 6.92 Å². The highest BCUT2D eigenvalue weighted by atomic mass is 79.9. The molecule has 4 N–H and O–H groups in total. The van der Waals surface area contributed by atoms with E-state index in [9.17, 15) is 4.79 Å². The molecule has 0 saturated heterocycles. The number of anilines is 3. The van der Waals surface area contributed by atoms with Crippen LogP contribution in [0.2, 0.25) is 0 Å². The minimum absolute atomic E-state index is 0.140. The van der Waals surface area contributed by atoms with Crippen molar-refractivity contribution >= 4 is 38.9 Å². The molecular formula is C15H16BrN3O. The minimum Gasteiger partial charge on any atom is -0.397 e. The third kappa shape index (κ3) is 3.30. The summed E-state index contributed by atoms with van der Waals surface area (Å²) in [5, 5.41) is 5.83. The third-order valence-electron chi connectivity index (χ3n) is 2.86. The Hall–Kier alpha value is -2.01. The topological polar surface area (TPSA) is 67.2 Å². The van der Waals surface area contributed by atoms with Crippen molar-refractivity contribution < 1.29 is 4.79 Å². The van der Waals surface area contributed by atoms with Gasteiger partial charge < -0.3 is 16.4 Å². The van der Waals surface area contributed by atoms with Gasteiger partial charge in [0.25, 0.3) is 5.91 Å². The average molecular weight is 334 g/mol. The van der Waals surface area contributed by atoms with E-state index in [4.69, 9.17) is 5.73 Å². The molecule has 0 aliphatic rings. The van der Waals surface area contributed by atoms with E-state index < -0.39 is 0 Å². The predicted molar refractivity (Wildman–Crippen MR) is 86.4 cm³/mol. The lowest BCUT2D eigenvalue weighted by atomic mass is 10.1. The van der Waals surface area contributed by atoms with Crippen LogP contribution in [0.4, 0.5) is 17.1 Å². The molecule has 104 valence electrons. The molecule has 2 aromatic carbocycles. The fourth-order valence-corrected chi connectivity index (χ4v) is 2.52. The van der Waals surface area contributed by atoms with Crippen molar-refractivity contribution in [3.63, 3.8) is 0 Å². The predicted octanol–water partition coefficient (Wildman–Crippen LogP) is 3.44. The maximum atomic E-state index is 11.7. The zero-order valence-electron chi connectivity index (χ0n) is 11.3. The molecule has 0 radical (unpaired) electrons. The molecule has 0 heterocycles. The maximum absolute atomic E-state index is 11.7. The molecule has 0 aromatic heterocycles. The lowest BCUT2D eigenvalue weighted by molar-refractivity contribution is 0.0963. The summed E-state index contributed by atoms with van der Waals surface area (Å²) in [5.41, 5.74) is 9.86. The van der Waals surface area contributed by atoms with Gasteiger partial charge in [-0.25, -0.2) is 0 Å². The Morgan fingerprint density at radius 3 is 2.60 bits per heavy atom. The first kappa shape index (κ1) is 14.4. The third-order valence-corrected chi connectivity index (χ3v) is 3.32. The molecule has 2 rings (SSSR count). The van der Waals surface area contributed by atoms with Gasteiger partial charge in [0, 0.05) is 22.8 Å². The van der Waals surface area contributed by atoms with Gasteiger partial charge in [-0.1, -0.05) is 15.9 Å². The van der Waals surface area contributed by atoms with Crippen molar-refractivity contribution in [2.24, 2.45) is 0 Å². The number of halogens is 1. The molecule has 0 aliphatic heterocycles. The fourth-order valence-electron chi connectivity index (χ4n) is 1.91. The van der Waals surface area contributed by atoms with Gasteiger partial charge in [0.2, 0.25) is 0 Å². The summed E-state index contributed by atoms with van der Waals surface area (Å²) in [5.74, 6) is -0.140. The monoisotopic (exact) mass is 333 g/mol. The highest BCUT2D eigenvalue weighted by Crippen LogP contribution is 2.27. The fraction of sp³-hybridized carbons (Fsp3) is 0.133. The van der Waals surface area contributed by atoms with Gasteiger partial charge in [-0.05, 0) is 48.9 Å². The average Bonchev–Trinajstić information content (AvgIpc) is 2.39. The van der Waals surface area contributed by atoms with Crippen LogP contribution in [-0.4, -0.2) is 13.0 Å². The van der Waals surface area contributed by atoms with Crippen molar-refractivity contribution in [1.29, 1.82) is 0 Å². The van der Waals surface area contributed by atoms with Crippen LogP contribution in [0.1, 0.15) is 15.9 Å². The molecule has 5 heteroatoms. The summed E-state index contributed by atoms with van der Waals surface area (Å²) in [4.78, 5) is 11.7. The summed E-state index contributed by atoms with van der Waals surface area (Å²) in [6, 6.07) is 11.2. The molecule has 0 fully saturated rings. The molecule has 0 spiro atoms. The first-order valence-electron chi connectivity index (χ1n) is 6.15. The van der Waals surface area contributed by atoms with Crippen LogP contribution in [-0.2, 0) is 0 Å². The van der Waals surface area contributed by atoms with Crippen molar-refractivity contribution in [1.82, 2.24) is 5.32 Å².